The van der Waals surface area contributed by atoms with Crippen molar-refractivity contribution in [2.75, 3.05) is 33.7 Å². The third-order valence-electron chi connectivity index (χ3n) is 4.66. The van der Waals surface area contributed by atoms with E-state index in [2.05, 4.69) is 4.74 Å². The van der Waals surface area contributed by atoms with E-state index in [4.69, 9.17) is 13.7 Å². The number of rotatable bonds is 16. The smallest absolute Gasteiger partial charge is 0.305 e. The molecule has 1 aromatic carbocycles. The van der Waals surface area contributed by atoms with Gasteiger partial charge in [-0.3, -0.25) is 13.8 Å². The molecule has 1 aromatic rings. The summed E-state index contributed by atoms with van der Waals surface area (Å²) < 4.78 is 41.7. The molecular weight excluding hydrogens is 424 g/mol. The number of hydrogen-bond donors (Lipinski definition) is 0. The van der Waals surface area contributed by atoms with E-state index in [9.17, 15) is 18.0 Å². The molecule has 176 valence electrons. The third-order valence-corrected chi connectivity index (χ3v) is 5.26. The summed E-state index contributed by atoms with van der Waals surface area (Å²) >= 11 is 0. The van der Waals surface area contributed by atoms with E-state index in [1.165, 1.54) is 14.2 Å². The largest absolute Gasteiger partial charge is 0.494 e. The quantitative estimate of drug-likeness (QED) is 0.211. The first kappa shape index (κ1) is 26.9. The second-order valence-electron chi connectivity index (χ2n) is 7.23. The first-order valence-corrected chi connectivity index (χ1v) is 12.3. The average Bonchev–Trinajstić information content (AvgIpc) is 2.74. The van der Waals surface area contributed by atoms with E-state index in [0.717, 1.165) is 43.1 Å². The molecule has 0 radical (unpaired) electrons. The van der Waals surface area contributed by atoms with E-state index in [0.29, 0.717) is 38.0 Å². The maximum Gasteiger partial charge on any atom is 0.305 e. The summed E-state index contributed by atoms with van der Waals surface area (Å²) in [6, 6.07) is 5.85. The first-order valence-electron chi connectivity index (χ1n) is 10.5. The molecule has 8 nitrogen and oxygen atoms in total. The van der Waals surface area contributed by atoms with Crippen LogP contribution in [0.5, 0.6) is 5.75 Å². The molecule has 0 aromatic heterocycles. The predicted octanol–water partition coefficient (Wildman–Crippen LogP) is 3.20. The number of aryl methyl sites for hydroxylation is 2. The van der Waals surface area contributed by atoms with Crippen LogP contribution in [0.25, 0.3) is 0 Å². The minimum atomic E-state index is -3.37. The summed E-state index contributed by atoms with van der Waals surface area (Å²) in [4.78, 5) is 22.7. The van der Waals surface area contributed by atoms with Gasteiger partial charge in [-0.25, -0.2) is 0 Å². The summed E-state index contributed by atoms with van der Waals surface area (Å²) in [5, 5.41) is 0. The van der Waals surface area contributed by atoms with Gasteiger partial charge in [-0.2, -0.15) is 8.42 Å². The van der Waals surface area contributed by atoms with Gasteiger partial charge in [0.15, 0.2) is 0 Å². The molecule has 0 aliphatic rings. The van der Waals surface area contributed by atoms with Crippen molar-refractivity contribution in [2.24, 2.45) is 0 Å². The van der Waals surface area contributed by atoms with Crippen molar-refractivity contribution >= 4 is 22.1 Å². The van der Waals surface area contributed by atoms with Crippen LogP contribution in [-0.4, -0.2) is 54.0 Å². The van der Waals surface area contributed by atoms with Crippen molar-refractivity contribution < 1.29 is 36.4 Å². The van der Waals surface area contributed by atoms with Gasteiger partial charge in [-0.15, -0.1) is 0 Å². The van der Waals surface area contributed by atoms with Crippen molar-refractivity contribution in [1.29, 1.82) is 0 Å². The molecular formula is C22H34O8S. The Kier molecular flexibility index (Phi) is 12.8. The average molecular weight is 459 g/mol. The molecule has 0 bridgehead atoms. The highest BCUT2D eigenvalue weighted by molar-refractivity contribution is 7.85. The van der Waals surface area contributed by atoms with Crippen LogP contribution in [0.2, 0.25) is 0 Å². The number of carbonyl (C=O) groups is 2. The van der Waals surface area contributed by atoms with E-state index in [-0.39, 0.29) is 25.0 Å². The Morgan fingerprint density at radius 2 is 1.48 bits per heavy atom. The van der Waals surface area contributed by atoms with Crippen LogP contribution in [0, 0.1) is 0 Å². The van der Waals surface area contributed by atoms with Crippen molar-refractivity contribution in [1.82, 2.24) is 0 Å². The van der Waals surface area contributed by atoms with Gasteiger partial charge in [0.05, 0.1) is 33.7 Å². The fourth-order valence-corrected chi connectivity index (χ4v) is 3.42. The van der Waals surface area contributed by atoms with Gasteiger partial charge in [-0.05, 0) is 55.4 Å². The van der Waals surface area contributed by atoms with Crippen LogP contribution < -0.4 is 4.74 Å². The summed E-state index contributed by atoms with van der Waals surface area (Å²) in [5.74, 6) is 0.174. The molecule has 0 saturated carbocycles. The van der Waals surface area contributed by atoms with Gasteiger partial charge in [0.2, 0.25) is 0 Å². The Bertz CT molecular complexity index is 789. The predicted molar refractivity (Wildman–Crippen MR) is 116 cm³/mol. The second-order valence-corrected chi connectivity index (χ2v) is 8.87. The Labute approximate surface area is 185 Å². The van der Waals surface area contributed by atoms with Gasteiger partial charge in [0, 0.05) is 12.8 Å². The molecule has 0 fully saturated rings. The molecule has 0 spiro atoms. The molecule has 31 heavy (non-hydrogen) atoms. The lowest BCUT2D eigenvalue weighted by atomic mass is 9.97. The molecule has 1 rings (SSSR count). The number of methoxy groups -OCH3 is 2. The summed E-state index contributed by atoms with van der Waals surface area (Å²) in [7, 11) is -0.639. The highest BCUT2D eigenvalue weighted by Crippen LogP contribution is 2.22. The standard InChI is InChI=1S/C22H34O8S/c1-27-21(23)10-8-15-29-20-13-11-18(19(17-20)12-14-22(24)28-2)9-6-4-5-7-16-30-31(3,25)26/h11,13,17H,4-10,12,14-16H2,1-3H3. The van der Waals surface area contributed by atoms with Crippen LogP contribution in [0.15, 0.2) is 18.2 Å². The summed E-state index contributed by atoms with van der Waals surface area (Å²) in [6.07, 6.45) is 7.10. The van der Waals surface area contributed by atoms with Crippen LogP contribution in [0.3, 0.4) is 0 Å². The van der Waals surface area contributed by atoms with Crippen LogP contribution in [0.1, 0.15) is 56.1 Å². The van der Waals surface area contributed by atoms with Gasteiger partial charge >= 0.3 is 11.9 Å². The molecule has 0 saturated heterocycles. The molecule has 0 aliphatic heterocycles. The number of ether oxygens (including phenoxy) is 3. The van der Waals surface area contributed by atoms with Crippen molar-refractivity contribution in [3.05, 3.63) is 29.3 Å². The highest BCUT2D eigenvalue weighted by atomic mass is 32.2. The zero-order valence-corrected chi connectivity index (χ0v) is 19.5. The van der Waals surface area contributed by atoms with Crippen molar-refractivity contribution in [2.45, 2.75) is 57.8 Å². The maximum absolute atomic E-state index is 11.6. The highest BCUT2D eigenvalue weighted by Gasteiger charge is 2.09. The number of esters is 2. The molecule has 0 heterocycles. The zero-order valence-electron chi connectivity index (χ0n) is 18.7. The minimum absolute atomic E-state index is 0.214. The molecule has 0 aliphatic carbocycles. The Hall–Kier alpha value is -2.13. The number of carbonyl (C=O) groups excluding carboxylic acids is 2. The van der Waals surface area contributed by atoms with E-state index < -0.39 is 10.1 Å². The lowest BCUT2D eigenvalue weighted by Gasteiger charge is -2.13. The zero-order chi connectivity index (χ0) is 23.1. The Morgan fingerprint density at radius 1 is 0.806 bits per heavy atom. The molecule has 0 atom stereocenters. The van der Waals surface area contributed by atoms with Gasteiger partial charge in [0.1, 0.15) is 5.75 Å². The monoisotopic (exact) mass is 458 g/mol. The topological polar surface area (TPSA) is 105 Å². The third kappa shape index (κ3) is 13.0. The molecule has 0 amide bonds. The summed E-state index contributed by atoms with van der Waals surface area (Å²) in [6.45, 7) is 0.617. The van der Waals surface area contributed by atoms with Crippen molar-refractivity contribution in [3.63, 3.8) is 0 Å². The summed E-state index contributed by atoms with van der Waals surface area (Å²) in [5.41, 5.74) is 2.19. The number of benzene rings is 1. The molecule has 9 heteroatoms. The SMILES string of the molecule is COC(=O)CCCOc1ccc(CCCCCCOS(C)(=O)=O)c(CCC(=O)OC)c1. The van der Waals surface area contributed by atoms with Crippen LogP contribution in [0.4, 0.5) is 0 Å². The van der Waals surface area contributed by atoms with Crippen molar-refractivity contribution in [3.8, 4) is 5.75 Å². The normalized spacial score (nSPS) is 11.2. The van der Waals surface area contributed by atoms with E-state index >= 15 is 0 Å². The first-order chi connectivity index (χ1) is 14.7. The van der Waals surface area contributed by atoms with Crippen LogP contribution >= 0.6 is 0 Å². The Balaban J connectivity index is 2.55. The lowest BCUT2D eigenvalue weighted by Crippen LogP contribution is -2.06. The van der Waals surface area contributed by atoms with E-state index in [1.807, 2.05) is 18.2 Å². The Morgan fingerprint density at radius 3 is 2.16 bits per heavy atom. The van der Waals surface area contributed by atoms with Gasteiger partial charge in [-0.1, -0.05) is 18.9 Å². The molecule has 0 unspecified atom stereocenters. The fourth-order valence-electron chi connectivity index (χ4n) is 3.00. The second kappa shape index (κ2) is 14.8. The number of hydrogen-bond acceptors (Lipinski definition) is 8. The fraction of sp³-hybridized carbons (Fsp3) is 0.636. The number of unbranched alkanes of at least 4 members (excludes halogenated alkanes) is 3. The maximum atomic E-state index is 11.6. The molecule has 0 N–H and O–H groups in total. The minimum Gasteiger partial charge on any atom is -0.494 e. The lowest BCUT2D eigenvalue weighted by molar-refractivity contribution is -0.141. The van der Waals surface area contributed by atoms with Gasteiger partial charge < -0.3 is 14.2 Å². The van der Waals surface area contributed by atoms with E-state index in [1.54, 1.807) is 0 Å². The van der Waals surface area contributed by atoms with Gasteiger partial charge in [0.25, 0.3) is 10.1 Å². The van der Waals surface area contributed by atoms with Crippen LogP contribution in [-0.2, 0) is 46.2 Å².